The first-order valence-corrected chi connectivity index (χ1v) is 14.3. The van der Waals surface area contributed by atoms with Gasteiger partial charge in [-0.25, -0.2) is 16.8 Å². The molecule has 0 aromatic heterocycles. The molecule has 0 aliphatic carbocycles. The van der Waals surface area contributed by atoms with Crippen molar-refractivity contribution < 1.29 is 31.1 Å². The third kappa shape index (κ3) is 5.51. The number of benzene rings is 2. The molecule has 2 fully saturated rings. The summed E-state index contributed by atoms with van der Waals surface area (Å²) in [5.74, 6) is -0.293. The molecule has 2 heterocycles. The van der Waals surface area contributed by atoms with E-state index >= 15 is 0 Å². The summed E-state index contributed by atoms with van der Waals surface area (Å²) in [4.78, 5) is 12.9. The van der Waals surface area contributed by atoms with Crippen LogP contribution in [0, 0.1) is 0 Å². The molecular formula is C23H29N3O7S2. The van der Waals surface area contributed by atoms with Crippen molar-refractivity contribution in [3.63, 3.8) is 0 Å². The predicted octanol–water partition coefficient (Wildman–Crippen LogP) is 2.14. The molecule has 4 rings (SSSR count). The minimum Gasteiger partial charge on any atom is -0.495 e. The number of carbonyl (C=O) groups excluding carboxylic acids is 1. The predicted molar refractivity (Wildman–Crippen MR) is 130 cm³/mol. The van der Waals surface area contributed by atoms with Gasteiger partial charge in [0.05, 0.1) is 25.2 Å². The lowest BCUT2D eigenvalue weighted by Gasteiger charge is -2.26. The number of nitrogens with one attached hydrogen (secondary N) is 1. The highest BCUT2D eigenvalue weighted by Gasteiger charge is 2.30. The number of anilines is 1. The molecule has 2 saturated heterocycles. The molecule has 0 unspecified atom stereocenters. The highest BCUT2D eigenvalue weighted by molar-refractivity contribution is 7.89. The molecule has 10 nitrogen and oxygen atoms in total. The highest BCUT2D eigenvalue weighted by atomic mass is 32.2. The smallest absolute Gasteiger partial charge is 0.255 e. The Balaban J connectivity index is 1.52. The van der Waals surface area contributed by atoms with Crippen LogP contribution in [0.15, 0.2) is 52.3 Å². The monoisotopic (exact) mass is 523 g/mol. The number of sulfonamides is 2. The van der Waals surface area contributed by atoms with Crippen molar-refractivity contribution in [2.24, 2.45) is 0 Å². The van der Waals surface area contributed by atoms with E-state index in [1.54, 1.807) is 6.07 Å². The van der Waals surface area contributed by atoms with E-state index in [2.05, 4.69) is 5.32 Å². The molecule has 35 heavy (non-hydrogen) atoms. The Labute approximate surface area is 205 Å². The Hall–Kier alpha value is -2.51. The second kappa shape index (κ2) is 10.6. The number of hydrogen-bond acceptors (Lipinski definition) is 7. The fourth-order valence-corrected chi connectivity index (χ4v) is 7.22. The maximum atomic E-state index is 13.2. The zero-order valence-electron chi connectivity index (χ0n) is 19.5. The first-order chi connectivity index (χ1) is 16.7. The fraction of sp³-hybridized carbons (Fsp3) is 0.435. The molecule has 2 aliphatic rings. The zero-order valence-corrected chi connectivity index (χ0v) is 21.1. The van der Waals surface area contributed by atoms with E-state index in [1.165, 1.54) is 52.1 Å². The van der Waals surface area contributed by atoms with Gasteiger partial charge in [-0.2, -0.15) is 8.61 Å². The van der Waals surface area contributed by atoms with Crippen molar-refractivity contribution >= 4 is 31.6 Å². The van der Waals surface area contributed by atoms with Crippen molar-refractivity contribution in [2.45, 2.75) is 29.1 Å². The van der Waals surface area contributed by atoms with Gasteiger partial charge >= 0.3 is 0 Å². The first kappa shape index (κ1) is 25.6. The molecule has 0 atom stereocenters. The van der Waals surface area contributed by atoms with Gasteiger partial charge in [0.1, 0.15) is 10.6 Å². The molecule has 0 saturated carbocycles. The van der Waals surface area contributed by atoms with E-state index in [1.807, 2.05) is 0 Å². The van der Waals surface area contributed by atoms with Crippen LogP contribution in [0.25, 0.3) is 0 Å². The summed E-state index contributed by atoms with van der Waals surface area (Å²) in [7, 11) is -6.05. The van der Waals surface area contributed by atoms with E-state index in [0.29, 0.717) is 26.3 Å². The fourth-order valence-electron chi connectivity index (χ4n) is 4.12. The number of piperidine rings is 1. The van der Waals surface area contributed by atoms with E-state index in [0.717, 1.165) is 19.3 Å². The standard InChI is InChI=1S/C23H29N3O7S2/c1-32-21-10-7-19(17-22(21)35(30,31)25-11-3-2-4-12-25)24-23(27)18-5-8-20(9-6-18)34(28,29)26-13-15-33-16-14-26/h5-10,17H,2-4,11-16H2,1H3,(H,24,27). The zero-order chi connectivity index (χ0) is 25.1. The number of amides is 1. The SMILES string of the molecule is COc1ccc(NC(=O)c2ccc(S(=O)(=O)N3CCOCC3)cc2)cc1S(=O)(=O)N1CCCCC1. The summed E-state index contributed by atoms with van der Waals surface area (Å²) in [6, 6.07) is 10.1. The third-order valence-corrected chi connectivity index (χ3v) is 9.91. The van der Waals surface area contributed by atoms with E-state index < -0.39 is 26.0 Å². The van der Waals surface area contributed by atoms with Crippen molar-refractivity contribution in [1.82, 2.24) is 8.61 Å². The highest BCUT2D eigenvalue weighted by Crippen LogP contribution is 2.31. The summed E-state index contributed by atoms with van der Waals surface area (Å²) in [6.45, 7) is 2.15. The van der Waals surface area contributed by atoms with Gasteiger partial charge in [-0.05, 0) is 55.3 Å². The molecule has 190 valence electrons. The van der Waals surface area contributed by atoms with Crippen LogP contribution in [-0.4, -0.2) is 77.9 Å². The molecule has 0 bridgehead atoms. The maximum Gasteiger partial charge on any atom is 0.255 e. The van der Waals surface area contributed by atoms with Gasteiger partial charge in [-0.3, -0.25) is 4.79 Å². The van der Waals surface area contributed by atoms with Crippen molar-refractivity contribution in [3.05, 3.63) is 48.0 Å². The summed E-state index contributed by atoms with van der Waals surface area (Å²) < 4.78 is 65.2. The lowest BCUT2D eigenvalue weighted by Crippen LogP contribution is -2.40. The van der Waals surface area contributed by atoms with Crippen LogP contribution in [0.3, 0.4) is 0 Å². The number of ether oxygens (including phenoxy) is 2. The molecule has 0 spiro atoms. The lowest BCUT2D eigenvalue weighted by molar-refractivity contribution is 0.0730. The molecule has 12 heteroatoms. The number of rotatable bonds is 7. The van der Waals surface area contributed by atoms with Crippen LogP contribution < -0.4 is 10.1 Å². The van der Waals surface area contributed by atoms with Crippen LogP contribution in [0.1, 0.15) is 29.6 Å². The van der Waals surface area contributed by atoms with Gasteiger partial charge in [0.15, 0.2) is 0 Å². The molecule has 2 aliphatic heterocycles. The number of carbonyl (C=O) groups is 1. The first-order valence-electron chi connectivity index (χ1n) is 11.4. The van der Waals surface area contributed by atoms with Gasteiger partial charge in [0, 0.05) is 37.4 Å². The van der Waals surface area contributed by atoms with Crippen LogP contribution in [0.5, 0.6) is 5.75 Å². The van der Waals surface area contributed by atoms with E-state index in [-0.39, 0.29) is 39.9 Å². The average molecular weight is 524 g/mol. The molecule has 1 amide bonds. The summed E-state index contributed by atoms with van der Waals surface area (Å²) in [5, 5.41) is 2.69. The Bertz CT molecular complexity index is 1270. The van der Waals surface area contributed by atoms with Gasteiger partial charge in [0.25, 0.3) is 5.91 Å². The topological polar surface area (TPSA) is 122 Å². The second-order valence-electron chi connectivity index (χ2n) is 8.33. The van der Waals surface area contributed by atoms with Gasteiger partial charge in [-0.1, -0.05) is 6.42 Å². The summed E-state index contributed by atoms with van der Waals surface area (Å²) in [6.07, 6.45) is 2.59. The molecular weight excluding hydrogens is 494 g/mol. The molecule has 0 radical (unpaired) electrons. The largest absolute Gasteiger partial charge is 0.495 e. The Morgan fingerprint density at radius 2 is 1.49 bits per heavy atom. The Morgan fingerprint density at radius 3 is 2.11 bits per heavy atom. The number of nitrogens with zero attached hydrogens (tertiary/aromatic N) is 2. The van der Waals surface area contributed by atoms with Crippen molar-refractivity contribution in [2.75, 3.05) is 51.8 Å². The van der Waals surface area contributed by atoms with Crippen LogP contribution in [0.2, 0.25) is 0 Å². The quantitative estimate of drug-likeness (QED) is 0.590. The minimum atomic E-state index is -3.78. The summed E-state index contributed by atoms with van der Waals surface area (Å²) >= 11 is 0. The average Bonchev–Trinajstić information content (AvgIpc) is 2.89. The van der Waals surface area contributed by atoms with Crippen LogP contribution in [0.4, 0.5) is 5.69 Å². The third-order valence-electron chi connectivity index (χ3n) is 6.08. The van der Waals surface area contributed by atoms with Crippen molar-refractivity contribution in [1.29, 1.82) is 0 Å². The summed E-state index contributed by atoms with van der Waals surface area (Å²) in [5.41, 5.74) is 0.526. The maximum absolute atomic E-state index is 13.2. The Morgan fingerprint density at radius 1 is 0.857 bits per heavy atom. The number of morpholine rings is 1. The lowest BCUT2D eigenvalue weighted by atomic mass is 10.2. The number of methoxy groups -OCH3 is 1. The van der Waals surface area contributed by atoms with E-state index in [9.17, 15) is 21.6 Å². The van der Waals surface area contributed by atoms with Gasteiger partial charge in [-0.15, -0.1) is 0 Å². The van der Waals surface area contributed by atoms with Crippen molar-refractivity contribution in [3.8, 4) is 5.75 Å². The van der Waals surface area contributed by atoms with Gasteiger partial charge in [0.2, 0.25) is 20.0 Å². The Kier molecular flexibility index (Phi) is 7.77. The van der Waals surface area contributed by atoms with Gasteiger partial charge < -0.3 is 14.8 Å². The second-order valence-corrected chi connectivity index (χ2v) is 12.2. The van der Waals surface area contributed by atoms with Crippen LogP contribution in [-0.2, 0) is 24.8 Å². The van der Waals surface area contributed by atoms with Crippen LogP contribution >= 0.6 is 0 Å². The normalized spacial score (nSPS) is 18.2. The minimum absolute atomic E-state index is 0.00773. The van der Waals surface area contributed by atoms with E-state index in [4.69, 9.17) is 9.47 Å². The number of hydrogen-bond donors (Lipinski definition) is 1. The molecule has 2 aromatic rings. The molecule has 2 aromatic carbocycles. The molecule has 1 N–H and O–H groups in total.